The molecule has 140 valence electrons. The quantitative estimate of drug-likeness (QED) is 0.777. The highest BCUT2D eigenvalue weighted by molar-refractivity contribution is 7.88. The van der Waals surface area contributed by atoms with Gasteiger partial charge in [-0.3, -0.25) is 9.48 Å². The van der Waals surface area contributed by atoms with Gasteiger partial charge in [0.05, 0.1) is 12.3 Å². The maximum absolute atomic E-state index is 12.4. The van der Waals surface area contributed by atoms with Gasteiger partial charge >= 0.3 is 0 Å². The van der Waals surface area contributed by atoms with E-state index in [1.54, 1.807) is 35.0 Å². The van der Waals surface area contributed by atoms with E-state index in [0.717, 1.165) is 5.69 Å². The number of rotatable bonds is 6. The molecular formula is C17H21ClN4O3S. The summed E-state index contributed by atoms with van der Waals surface area (Å²) in [6.07, 6.45) is 0.502. The van der Waals surface area contributed by atoms with E-state index in [-0.39, 0.29) is 23.7 Å². The molecule has 0 saturated heterocycles. The molecule has 1 aromatic heterocycles. The Balaban J connectivity index is 1.60. The van der Waals surface area contributed by atoms with Crippen molar-refractivity contribution < 1.29 is 13.2 Å². The molecule has 1 aromatic carbocycles. The second-order valence-electron chi connectivity index (χ2n) is 6.74. The lowest BCUT2D eigenvalue weighted by Crippen LogP contribution is -2.37. The van der Waals surface area contributed by atoms with E-state index in [9.17, 15) is 13.2 Å². The second-order valence-corrected chi connectivity index (χ2v) is 8.93. The van der Waals surface area contributed by atoms with Gasteiger partial charge in [-0.2, -0.15) is 5.10 Å². The first-order chi connectivity index (χ1) is 12.2. The lowest BCUT2D eigenvalue weighted by Gasteiger charge is -2.12. The number of hydrogen-bond acceptors (Lipinski definition) is 4. The topological polar surface area (TPSA) is 93.1 Å². The number of halogens is 1. The molecule has 0 unspecified atom stereocenters. The van der Waals surface area contributed by atoms with Crippen molar-refractivity contribution in [2.24, 2.45) is 0 Å². The first kappa shape index (κ1) is 18.9. The van der Waals surface area contributed by atoms with Crippen LogP contribution >= 0.6 is 11.6 Å². The third-order valence-corrected chi connectivity index (χ3v) is 5.64. The summed E-state index contributed by atoms with van der Waals surface area (Å²) in [6.45, 7) is 4.17. The molecule has 7 nitrogen and oxygen atoms in total. The summed E-state index contributed by atoms with van der Waals surface area (Å²) in [6, 6.07) is 8.21. The van der Waals surface area contributed by atoms with E-state index in [1.165, 1.54) is 0 Å². The van der Waals surface area contributed by atoms with Crippen LogP contribution < -0.4 is 10.0 Å². The Labute approximate surface area is 157 Å². The summed E-state index contributed by atoms with van der Waals surface area (Å²) < 4.78 is 29.1. The Bertz CT molecular complexity index is 883. The number of carbonyl (C=O) groups is 1. The third-order valence-electron chi connectivity index (χ3n) is 3.98. The van der Waals surface area contributed by atoms with Gasteiger partial charge in [-0.15, -0.1) is 0 Å². The molecule has 0 saturated carbocycles. The van der Waals surface area contributed by atoms with Crippen molar-refractivity contribution in [2.75, 3.05) is 0 Å². The predicted molar refractivity (Wildman–Crippen MR) is 99.5 cm³/mol. The first-order valence-electron chi connectivity index (χ1n) is 8.34. The molecule has 2 aromatic rings. The fourth-order valence-electron chi connectivity index (χ4n) is 2.93. The number of amides is 1. The Morgan fingerprint density at radius 3 is 2.65 bits per heavy atom. The Kier molecular flexibility index (Phi) is 5.36. The molecule has 9 heteroatoms. The lowest BCUT2D eigenvalue weighted by atomic mass is 10.2. The van der Waals surface area contributed by atoms with E-state index < -0.39 is 10.0 Å². The van der Waals surface area contributed by atoms with Crippen molar-refractivity contribution >= 4 is 27.5 Å². The van der Waals surface area contributed by atoms with E-state index in [0.29, 0.717) is 29.2 Å². The highest BCUT2D eigenvalue weighted by Crippen LogP contribution is 2.18. The van der Waals surface area contributed by atoms with E-state index >= 15 is 0 Å². The number of aromatic nitrogens is 2. The summed E-state index contributed by atoms with van der Waals surface area (Å²) in [4.78, 5) is 12.0. The van der Waals surface area contributed by atoms with Crippen molar-refractivity contribution in [1.29, 1.82) is 0 Å². The molecule has 0 radical (unpaired) electrons. The fourth-order valence-corrected chi connectivity index (χ4v) is 4.43. The molecule has 26 heavy (non-hydrogen) atoms. The molecule has 2 heterocycles. The predicted octanol–water partition coefficient (Wildman–Crippen LogP) is 1.72. The zero-order chi connectivity index (χ0) is 18.9. The number of hydrogen-bond donors (Lipinski definition) is 2. The highest BCUT2D eigenvalue weighted by atomic mass is 35.5. The normalized spacial score (nSPS) is 16.7. The largest absolute Gasteiger partial charge is 0.348 e. The van der Waals surface area contributed by atoms with Gasteiger partial charge in [-0.05, 0) is 37.6 Å². The Morgan fingerprint density at radius 2 is 2.04 bits per heavy atom. The lowest BCUT2D eigenvalue weighted by molar-refractivity contribution is 0.0937. The van der Waals surface area contributed by atoms with Crippen LogP contribution in [0.1, 0.15) is 35.6 Å². The van der Waals surface area contributed by atoms with E-state index in [2.05, 4.69) is 15.1 Å². The molecule has 0 aliphatic carbocycles. The van der Waals surface area contributed by atoms with Crippen LogP contribution in [-0.4, -0.2) is 36.2 Å². The van der Waals surface area contributed by atoms with Crippen molar-refractivity contribution in [3.05, 3.63) is 52.3 Å². The maximum atomic E-state index is 12.4. The summed E-state index contributed by atoms with van der Waals surface area (Å²) in [5.74, 6) is -0.327. The molecule has 1 amide bonds. The average Bonchev–Trinajstić information content (AvgIpc) is 3.06. The van der Waals surface area contributed by atoms with Crippen LogP contribution in [0, 0.1) is 0 Å². The standard InChI is InChI=1S/C17H21ClN4O3S/c1-11(2)19-17(23)16-8-15-7-14(9-22(15)20-16)21-26(24,25)10-12-3-5-13(18)6-4-12/h3-6,8,11,14,21H,7,9-10H2,1-2H3,(H,19,23)/t14-/m0/s1. The minimum Gasteiger partial charge on any atom is -0.348 e. The second kappa shape index (κ2) is 7.38. The van der Waals surface area contributed by atoms with Crippen LogP contribution in [0.3, 0.4) is 0 Å². The molecule has 0 fully saturated rings. The smallest absolute Gasteiger partial charge is 0.271 e. The molecule has 1 aliphatic rings. The Hall–Kier alpha value is -1.90. The zero-order valence-electron chi connectivity index (χ0n) is 14.6. The number of nitrogens with one attached hydrogen (secondary N) is 2. The van der Waals surface area contributed by atoms with Crippen LogP contribution in [0.15, 0.2) is 30.3 Å². The molecule has 3 rings (SSSR count). The monoisotopic (exact) mass is 396 g/mol. The van der Waals surface area contributed by atoms with Crippen molar-refractivity contribution in [1.82, 2.24) is 19.8 Å². The number of sulfonamides is 1. The molecular weight excluding hydrogens is 376 g/mol. The van der Waals surface area contributed by atoms with Gasteiger partial charge < -0.3 is 5.32 Å². The fraction of sp³-hybridized carbons (Fsp3) is 0.412. The maximum Gasteiger partial charge on any atom is 0.271 e. The van der Waals surface area contributed by atoms with Crippen molar-refractivity contribution in [3.63, 3.8) is 0 Å². The summed E-state index contributed by atoms with van der Waals surface area (Å²) in [5.41, 5.74) is 1.87. The number of carbonyl (C=O) groups excluding carboxylic acids is 1. The van der Waals surface area contributed by atoms with E-state index in [4.69, 9.17) is 11.6 Å². The summed E-state index contributed by atoms with van der Waals surface area (Å²) in [7, 11) is -3.48. The van der Waals surface area contributed by atoms with Gasteiger partial charge in [-0.25, -0.2) is 13.1 Å². The van der Waals surface area contributed by atoms with Crippen LogP contribution in [0.2, 0.25) is 5.02 Å². The van der Waals surface area contributed by atoms with Gasteiger partial charge in [0.25, 0.3) is 5.91 Å². The number of nitrogens with zero attached hydrogens (tertiary/aromatic N) is 2. The van der Waals surface area contributed by atoms with Gasteiger partial charge in [0.1, 0.15) is 5.69 Å². The average molecular weight is 397 g/mol. The Morgan fingerprint density at radius 1 is 1.35 bits per heavy atom. The molecule has 1 aliphatic heterocycles. The van der Waals surface area contributed by atoms with Crippen LogP contribution in [0.5, 0.6) is 0 Å². The minimum atomic E-state index is -3.48. The molecule has 1 atom stereocenters. The van der Waals surface area contributed by atoms with E-state index in [1.807, 2.05) is 13.8 Å². The SMILES string of the molecule is CC(C)NC(=O)c1cc2n(n1)C[C@@H](NS(=O)(=O)Cc1ccc(Cl)cc1)C2. The number of benzene rings is 1. The third kappa shape index (κ3) is 4.63. The van der Waals surface area contributed by atoms with Crippen molar-refractivity contribution in [3.8, 4) is 0 Å². The van der Waals surface area contributed by atoms with Gasteiger partial charge in [0.15, 0.2) is 0 Å². The van der Waals surface area contributed by atoms with Crippen LogP contribution in [0.4, 0.5) is 0 Å². The minimum absolute atomic E-state index is 0.0338. The highest BCUT2D eigenvalue weighted by Gasteiger charge is 2.28. The van der Waals surface area contributed by atoms with Crippen molar-refractivity contribution in [2.45, 2.75) is 44.6 Å². The van der Waals surface area contributed by atoms with Gasteiger partial charge in [0, 0.05) is 29.2 Å². The number of fused-ring (bicyclic) bond motifs is 1. The zero-order valence-corrected chi connectivity index (χ0v) is 16.1. The molecule has 0 spiro atoms. The summed E-state index contributed by atoms with van der Waals surface area (Å²) in [5, 5.41) is 7.63. The first-order valence-corrected chi connectivity index (χ1v) is 10.4. The van der Waals surface area contributed by atoms with Gasteiger partial charge in [-0.1, -0.05) is 23.7 Å². The molecule has 0 bridgehead atoms. The van der Waals surface area contributed by atoms with Crippen LogP contribution in [0.25, 0.3) is 0 Å². The summed E-state index contributed by atoms with van der Waals surface area (Å²) >= 11 is 5.82. The molecule has 2 N–H and O–H groups in total. The van der Waals surface area contributed by atoms with Crippen LogP contribution in [-0.2, 0) is 28.7 Å². The van der Waals surface area contributed by atoms with Gasteiger partial charge in [0.2, 0.25) is 10.0 Å².